The van der Waals surface area contributed by atoms with Crippen molar-refractivity contribution in [2.45, 2.75) is 64.6 Å². The number of carbonyl (C=O) groups is 1. The molecule has 0 aromatic carbocycles. The highest BCUT2D eigenvalue weighted by molar-refractivity contribution is 5.66. The summed E-state index contributed by atoms with van der Waals surface area (Å²) in [5, 5.41) is 19.2. The van der Waals surface area contributed by atoms with E-state index in [0.717, 1.165) is 25.7 Å². The predicted molar refractivity (Wildman–Crippen MR) is 85.6 cm³/mol. The van der Waals surface area contributed by atoms with Crippen molar-refractivity contribution < 1.29 is 14.6 Å². The molecule has 0 saturated heterocycles. The Morgan fingerprint density at radius 2 is 2.14 bits per heavy atom. The van der Waals surface area contributed by atoms with Crippen molar-refractivity contribution >= 4 is 6.09 Å². The molecule has 0 heterocycles. The first-order chi connectivity index (χ1) is 10.5. The number of carbonyl (C=O) groups excluding carboxylic acids is 1. The summed E-state index contributed by atoms with van der Waals surface area (Å²) in [4.78, 5) is 13.8. The van der Waals surface area contributed by atoms with Crippen LogP contribution < -0.4 is 10.6 Å². The number of amides is 1. The number of hydrogen-bond donors (Lipinski definition) is 3. The van der Waals surface area contributed by atoms with Crippen LogP contribution in [-0.2, 0) is 4.74 Å². The predicted octanol–water partition coefficient (Wildman–Crippen LogP) is 2.33. The number of aliphatic hydroxyl groups excluding tert-OH is 1. The third kappa shape index (κ3) is 11.2. The maximum absolute atomic E-state index is 11.3. The lowest BCUT2D eigenvalue weighted by Crippen LogP contribution is -2.43. The van der Waals surface area contributed by atoms with Crippen molar-refractivity contribution in [3.8, 4) is 0 Å². The molecular formula is C14H29N5O3. The van der Waals surface area contributed by atoms with E-state index in [0.29, 0.717) is 12.6 Å². The third-order valence-corrected chi connectivity index (χ3v) is 3.13. The second-order valence-electron chi connectivity index (χ2n) is 5.42. The van der Waals surface area contributed by atoms with Gasteiger partial charge in [-0.15, -0.1) is 0 Å². The van der Waals surface area contributed by atoms with Crippen LogP contribution in [0.5, 0.6) is 0 Å². The van der Waals surface area contributed by atoms with Crippen LogP contribution in [0, 0.1) is 0 Å². The van der Waals surface area contributed by atoms with E-state index in [4.69, 9.17) is 10.3 Å². The van der Waals surface area contributed by atoms with Crippen molar-refractivity contribution in [2.75, 3.05) is 19.7 Å². The van der Waals surface area contributed by atoms with Gasteiger partial charge in [0.15, 0.2) is 0 Å². The second-order valence-corrected chi connectivity index (χ2v) is 5.42. The van der Waals surface area contributed by atoms with Crippen LogP contribution in [0.25, 0.3) is 10.4 Å². The van der Waals surface area contributed by atoms with Gasteiger partial charge in [-0.25, -0.2) is 4.79 Å². The summed E-state index contributed by atoms with van der Waals surface area (Å²) in [6.07, 6.45) is 2.46. The molecule has 0 radical (unpaired) electrons. The summed E-state index contributed by atoms with van der Waals surface area (Å²) in [6.45, 7) is 6.83. The SMILES string of the molecule is CCC(O)C(CCCCNC(=O)OCCN=[N+]=[N-])NC(C)C. The van der Waals surface area contributed by atoms with Gasteiger partial charge >= 0.3 is 6.09 Å². The molecule has 128 valence electrons. The Balaban J connectivity index is 3.75. The van der Waals surface area contributed by atoms with Crippen LogP contribution >= 0.6 is 0 Å². The smallest absolute Gasteiger partial charge is 0.407 e. The number of rotatable bonds is 12. The first-order valence-corrected chi connectivity index (χ1v) is 7.86. The van der Waals surface area contributed by atoms with Gasteiger partial charge in [0.1, 0.15) is 0 Å². The van der Waals surface area contributed by atoms with Gasteiger partial charge in [-0.3, -0.25) is 0 Å². The first kappa shape index (κ1) is 20.5. The van der Waals surface area contributed by atoms with Crippen molar-refractivity contribution in [3.63, 3.8) is 0 Å². The Labute approximate surface area is 132 Å². The standard InChI is InChI=1S/C14H29N5O3/c1-4-13(20)12(18-11(2)3)7-5-6-8-16-14(21)22-10-9-17-19-15/h11-13,18,20H,4-10H2,1-3H3,(H,16,21). The van der Waals surface area contributed by atoms with E-state index >= 15 is 0 Å². The van der Waals surface area contributed by atoms with E-state index in [1.54, 1.807) is 0 Å². The molecule has 8 heteroatoms. The lowest BCUT2D eigenvalue weighted by Gasteiger charge is -2.25. The first-order valence-electron chi connectivity index (χ1n) is 7.86. The highest BCUT2D eigenvalue weighted by Crippen LogP contribution is 2.08. The van der Waals surface area contributed by atoms with Crippen LogP contribution in [0.4, 0.5) is 4.79 Å². The molecular weight excluding hydrogens is 286 g/mol. The fourth-order valence-electron chi connectivity index (χ4n) is 2.05. The molecule has 2 unspecified atom stereocenters. The highest BCUT2D eigenvalue weighted by atomic mass is 16.5. The fraction of sp³-hybridized carbons (Fsp3) is 0.929. The van der Waals surface area contributed by atoms with Crippen molar-refractivity contribution in [1.82, 2.24) is 10.6 Å². The number of aliphatic hydroxyl groups is 1. The summed E-state index contributed by atoms with van der Waals surface area (Å²) in [6, 6.07) is 0.413. The molecule has 0 rings (SSSR count). The van der Waals surface area contributed by atoms with Crippen LogP contribution in [0.3, 0.4) is 0 Å². The molecule has 22 heavy (non-hydrogen) atoms. The molecule has 2 atom stereocenters. The topological polar surface area (TPSA) is 119 Å². The Hall–Kier alpha value is -1.50. The molecule has 0 aromatic rings. The lowest BCUT2D eigenvalue weighted by atomic mass is 10.0. The Morgan fingerprint density at radius 1 is 1.41 bits per heavy atom. The quantitative estimate of drug-likeness (QED) is 0.221. The van der Waals surface area contributed by atoms with Gasteiger partial charge < -0.3 is 20.5 Å². The fourth-order valence-corrected chi connectivity index (χ4v) is 2.05. The van der Waals surface area contributed by atoms with Crippen molar-refractivity contribution in [3.05, 3.63) is 10.4 Å². The molecule has 0 bridgehead atoms. The number of unbranched alkanes of at least 4 members (excludes halogenated alkanes) is 1. The number of alkyl carbamates (subject to hydrolysis) is 1. The summed E-state index contributed by atoms with van der Waals surface area (Å²) in [5.74, 6) is 0. The Bertz CT molecular complexity index is 345. The zero-order valence-corrected chi connectivity index (χ0v) is 13.8. The molecule has 0 saturated carbocycles. The van der Waals surface area contributed by atoms with Gasteiger partial charge in [0.2, 0.25) is 0 Å². The van der Waals surface area contributed by atoms with Gasteiger partial charge in [0.25, 0.3) is 0 Å². The molecule has 0 aliphatic heterocycles. The summed E-state index contributed by atoms with van der Waals surface area (Å²) < 4.78 is 4.81. The van der Waals surface area contributed by atoms with Gasteiger partial charge in [-0.2, -0.15) is 0 Å². The average molecular weight is 315 g/mol. The minimum Gasteiger partial charge on any atom is -0.449 e. The van der Waals surface area contributed by atoms with Gasteiger partial charge in [-0.05, 0) is 24.8 Å². The molecule has 1 amide bonds. The molecule has 0 spiro atoms. The zero-order chi connectivity index (χ0) is 16.8. The molecule has 3 N–H and O–H groups in total. The van der Waals surface area contributed by atoms with E-state index in [1.807, 2.05) is 6.92 Å². The van der Waals surface area contributed by atoms with E-state index in [-0.39, 0.29) is 25.3 Å². The highest BCUT2D eigenvalue weighted by Gasteiger charge is 2.17. The number of azide groups is 1. The maximum atomic E-state index is 11.3. The van der Waals surface area contributed by atoms with Gasteiger partial charge in [0.05, 0.1) is 19.3 Å². The van der Waals surface area contributed by atoms with Gasteiger partial charge in [-0.1, -0.05) is 32.3 Å². The van der Waals surface area contributed by atoms with Crippen molar-refractivity contribution in [2.24, 2.45) is 5.11 Å². The van der Waals surface area contributed by atoms with E-state index in [9.17, 15) is 9.90 Å². The van der Waals surface area contributed by atoms with Crippen molar-refractivity contribution in [1.29, 1.82) is 0 Å². The van der Waals surface area contributed by atoms with E-state index < -0.39 is 6.09 Å². The largest absolute Gasteiger partial charge is 0.449 e. The molecule has 8 nitrogen and oxygen atoms in total. The minimum absolute atomic E-state index is 0.0823. The summed E-state index contributed by atoms with van der Waals surface area (Å²) in [7, 11) is 0. The normalized spacial score (nSPS) is 13.3. The number of ether oxygens (including phenoxy) is 1. The van der Waals surface area contributed by atoms with E-state index in [1.165, 1.54) is 0 Å². The number of hydrogen-bond acceptors (Lipinski definition) is 5. The molecule has 0 fully saturated rings. The number of nitrogens with zero attached hydrogens (tertiary/aromatic N) is 3. The third-order valence-electron chi connectivity index (χ3n) is 3.13. The van der Waals surface area contributed by atoms with Crippen LogP contribution in [0.1, 0.15) is 46.5 Å². The Morgan fingerprint density at radius 3 is 2.73 bits per heavy atom. The molecule has 0 aliphatic rings. The monoisotopic (exact) mass is 315 g/mol. The average Bonchev–Trinajstić information content (AvgIpc) is 2.49. The molecule has 0 aliphatic carbocycles. The number of nitrogens with one attached hydrogen (secondary N) is 2. The van der Waals surface area contributed by atoms with Crippen LogP contribution in [-0.4, -0.2) is 49.1 Å². The summed E-state index contributed by atoms with van der Waals surface area (Å²) >= 11 is 0. The zero-order valence-electron chi connectivity index (χ0n) is 13.8. The maximum Gasteiger partial charge on any atom is 0.407 e. The van der Waals surface area contributed by atoms with Crippen LogP contribution in [0.15, 0.2) is 5.11 Å². The minimum atomic E-state index is -0.501. The van der Waals surface area contributed by atoms with Crippen LogP contribution in [0.2, 0.25) is 0 Å². The van der Waals surface area contributed by atoms with Gasteiger partial charge in [0, 0.05) is 23.5 Å². The Kier molecular flexibility index (Phi) is 12.3. The summed E-state index contributed by atoms with van der Waals surface area (Å²) in [5.41, 5.74) is 8.07. The van der Waals surface area contributed by atoms with E-state index in [2.05, 4.69) is 34.5 Å². The second kappa shape index (κ2) is 13.2. The molecule has 0 aromatic heterocycles. The lowest BCUT2D eigenvalue weighted by molar-refractivity contribution is 0.112.